The average Bonchev–Trinajstić information content (AvgIpc) is 2.45. The second-order valence-electron chi connectivity index (χ2n) is 5.68. The maximum Gasteiger partial charge on any atom is 0.305 e. The zero-order valence-electron chi connectivity index (χ0n) is 14.4. The van der Waals surface area contributed by atoms with Crippen LogP contribution in [0.25, 0.3) is 0 Å². The molecule has 5 heteroatoms. The number of guanidine groups is 1. The number of hydrogen-bond donors (Lipinski definition) is 2. The van der Waals surface area contributed by atoms with Gasteiger partial charge in [0.25, 0.3) is 0 Å². The first-order chi connectivity index (χ1) is 10.0. The zero-order chi connectivity index (χ0) is 16.1. The van der Waals surface area contributed by atoms with E-state index in [-0.39, 0.29) is 5.97 Å². The predicted molar refractivity (Wildman–Crippen MR) is 88.5 cm³/mol. The van der Waals surface area contributed by atoms with Crippen molar-refractivity contribution in [2.75, 3.05) is 20.2 Å². The van der Waals surface area contributed by atoms with Gasteiger partial charge >= 0.3 is 5.97 Å². The van der Waals surface area contributed by atoms with Crippen LogP contribution in [0, 0.1) is 5.92 Å². The van der Waals surface area contributed by atoms with Crippen molar-refractivity contribution in [3.05, 3.63) is 0 Å². The van der Waals surface area contributed by atoms with Crippen LogP contribution in [-0.4, -0.2) is 38.2 Å². The molecular weight excluding hydrogens is 266 g/mol. The van der Waals surface area contributed by atoms with Crippen molar-refractivity contribution in [3.63, 3.8) is 0 Å². The molecular formula is C16H33N3O2. The summed E-state index contributed by atoms with van der Waals surface area (Å²) in [5.74, 6) is 1.36. The highest BCUT2D eigenvalue weighted by atomic mass is 16.5. The summed E-state index contributed by atoms with van der Waals surface area (Å²) in [7, 11) is 1.43. The van der Waals surface area contributed by atoms with Gasteiger partial charge in [0.2, 0.25) is 0 Å². The molecule has 0 bridgehead atoms. The Labute approximate surface area is 129 Å². The molecule has 2 N–H and O–H groups in total. The molecule has 0 amide bonds. The summed E-state index contributed by atoms with van der Waals surface area (Å²) in [5, 5.41) is 6.69. The number of aliphatic imine (C=N–C) groups is 1. The van der Waals surface area contributed by atoms with Gasteiger partial charge in [0.1, 0.15) is 0 Å². The monoisotopic (exact) mass is 299 g/mol. The van der Waals surface area contributed by atoms with Crippen molar-refractivity contribution in [2.45, 2.75) is 65.8 Å². The highest BCUT2D eigenvalue weighted by molar-refractivity contribution is 5.80. The Kier molecular flexibility index (Phi) is 11.7. The van der Waals surface area contributed by atoms with Gasteiger partial charge in [0, 0.05) is 25.6 Å². The van der Waals surface area contributed by atoms with Gasteiger partial charge in [-0.1, -0.05) is 26.7 Å². The van der Waals surface area contributed by atoms with E-state index in [1.54, 1.807) is 0 Å². The Morgan fingerprint density at radius 1 is 1.14 bits per heavy atom. The number of unbranched alkanes of at least 4 members (excludes halogenated alkanes) is 3. The highest BCUT2D eigenvalue weighted by Gasteiger charge is 2.08. The Bertz CT molecular complexity index is 304. The molecule has 0 radical (unpaired) electrons. The minimum absolute atomic E-state index is 0.116. The molecule has 0 aromatic carbocycles. The van der Waals surface area contributed by atoms with E-state index in [4.69, 9.17) is 0 Å². The highest BCUT2D eigenvalue weighted by Crippen LogP contribution is 2.04. The van der Waals surface area contributed by atoms with Crippen molar-refractivity contribution in [3.8, 4) is 0 Å². The summed E-state index contributed by atoms with van der Waals surface area (Å²) < 4.78 is 4.62. The van der Waals surface area contributed by atoms with Gasteiger partial charge in [-0.2, -0.15) is 0 Å². The summed E-state index contributed by atoms with van der Waals surface area (Å²) in [4.78, 5) is 15.5. The van der Waals surface area contributed by atoms with Gasteiger partial charge < -0.3 is 15.4 Å². The largest absolute Gasteiger partial charge is 0.469 e. The maximum absolute atomic E-state index is 11.0. The fraction of sp³-hybridized carbons (Fsp3) is 0.875. The molecule has 0 spiro atoms. The fourth-order valence-corrected chi connectivity index (χ4v) is 1.73. The van der Waals surface area contributed by atoms with Crippen molar-refractivity contribution in [2.24, 2.45) is 10.9 Å². The van der Waals surface area contributed by atoms with Crippen LogP contribution in [0.1, 0.15) is 59.8 Å². The second kappa shape index (κ2) is 12.5. The molecule has 0 aliphatic heterocycles. The van der Waals surface area contributed by atoms with Crippen LogP contribution >= 0.6 is 0 Å². The molecule has 0 aromatic heterocycles. The first-order valence-corrected chi connectivity index (χ1v) is 8.12. The van der Waals surface area contributed by atoms with E-state index < -0.39 is 0 Å². The van der Waals surface area contributed by atoms with Crippen LogP contribution in [-0.2, 0) is 9.53 Å². The van der Waals surface area contributed by atoms with Crippen LogP contribution in [0.15, 0.2) is 4.99 Å². The number of hydrogen-bond acceptors (Lipinski definition) is 3. The van der Waals surface area contributed by atoms with Crippen molar-refractivity contribution in [1.29, 1.82) is 0 Å². The van der Waals surface area contributed by atoms with E-state index >= 15 is 0 Å². The van der Waals surface area contributed by atoms with Gasteiger partial charge in [0.05, 0.1) is 7.11 Å². The number of carbonyl (C=O) groups is 1. The van der Waals surface area contributed by atoms with Gasteiger partial charge in [-0.3, -0.25) is 9.79 Å². The number of nitrogens with zero attached hydrogens (tertiary/aromatic N) is 1. The van der Waals surface area contributed by atoms with E-state index in [1.807, 2.05) is 0 Å². The van der Waals surface area contributed by atoms with Crippen molar-refractivity contribution >= 4 is 11.9 Å². The number of rotatable bonds is 10. The van der Waals surface area contributed by atoms with E-state index in [9.17, 15) is 4.79 Å². The molecule has 1 atom stereocenters. The van der Waals surface area contributed by atoms with Crippen LogP contribution in [0.4, 0.5) is 0 Å². The number of ether oxygens (including phenoxy) is 1. The number of carbonyl (C=O) groups excluding carboxylic acids is 1. The Morgan fingerprint density at radius 3 is 2.38 bits per heavy atom. The van der Waals surface area contributed by atoms with Gasteiger partial charge in [0.15, 0.2) is 5.96 Å². The molecule has 0 fully saturated rings. The first kappa shape index (κ1) is 19.7. The van der Waals surface area contributed by atoms with Crippen LogP contribution in [0.5, 0.6) is 0 Å². The second-order valence-corrected chi connectivity index (χ2v) is 5.68. The molecule has 0 aliphatic carbocycles. The topological polar surface area (TPSA) is 62.7 Å². The number of nitrogens with one attached hydrogen (secondary N) is 2. The smallest absolute Gasteiger partial charge is 0.305 e. The third kappa shape index (κ3) is 11.1. The number of methoxy groups -OCH3 is 1. The van der Waals surface area contributed by atoms with Crippen LogP contribution in [0.2, 0.25) is 0 Å². The standard InChI is InChI=1S/C16H33N3O2/c1-6-17-16(19-14(4)13(2)3)18-12-10-8-7-9-11-15(20)21-5/h13-14H,6-12H2,1-5H3,(H2,17,18,19). The molecule has 0 heterocycles. The molecule has 0 rings (SSSR count). The fourth-order valence-electron chi connectivity index (χ4n) is 1.73. The first-order valence-electron chi connectivity index (χ1n) is 8.12. The summed E-state index contributed by atoms with van der Waals surface area (Å²) in [6, 6.07) is 0.405. The van der Waals surface area contributed by atoms with Gasteiger partial charge in [-0.05, 0) is 32.6 Å². The lowest BCUT2D eigenvalue weighted by molar-refractivity contribution is -0.140. The molecule has 0 aliphatic rings. The lowest BCUT2D eigenvalue weighted by atomic mass is 10.1. The van der Waals surface area contributed by atoms with Gasteiger partial charge in [-0.15, -0.1) is 0 Å². The van der Waals surface area contributed by atoms with E-state index in [0.29, 0.717) is 18.4 Å². The summed E-state index contributed by atoms with van der Waals surface area (Å²) in [6.07, 6.45) is 4.62. The molecule has 0 saturated carbocycles. The number of esters is 1. The SMILES string of the molecule is CCNC(=NCCCCCCC(=O)OC)NC(C)C(C)C. The minimum atomic E-state index is -0.116. The van der Waals surface area contributed by atoms with Crippen LogP contribution in [0.3, 0.4) is 0 Å². The van der Waals surface area contributed by atoms with Crippen molar-refractivity contribution < 1.29 is 9.53 Å². The third-order valence-electron chi connectivity index (χ3n) is 3.50. The van der Waals surface area contributed by atoms with Crippen LogP contribution < -0.4 is 10.6 Å². The van der Waals surface area contributed by atoms with Crippen molar-refractivity contribution in [1.82, 2.24) is 10.6 Å². The summed E-state index contributed by atoms with van der Waals surface area (Å²) in [5.41, 5.74) is 0. The third-order valence-corrected chi connectivity index (χ3v) is 3.50. The quantitative estimate of drug-likeness (QED) is 0.282. The molecule has 5 nitrogen and oxygen atoms in total. The zero-order valence-corrected chi connectivity index (χ0v) is 14.4. The van der Waals surface area contributed by atoms with E-state index in [0.717, 1.165) is 44.7 Å². The molecule has 0 saturated heterocycles. The molecule has 21 heavy (non-hydrogen) atoms. The Hall–Kier alpha value is -1.26. The normalized spacial score (nSPS) is 13.1. The summed E-state index contributed by atoms with van der Waals surface area (Å²) >= 11 is 0. The minimum Gasteiger partial charge on any atom is -0.469 e. The maximum atomic E-state index is 11.0. The molecule has 1 unspecified atom stereocenters. The van der Waals surface area contributed by atoms with E-state index in [1.165, 1.54) is 7.11 Å². The molecule has 124 valence electrons. The average molecular weight is 299 g/mol. The molecule has 0 aromatic rings. The Balaban J connectivity index is 3.86. The van der Waals surface area contributed by atoms with E-state index in [2.05, 4.69) is 48.1 Å². The van der Waals surface area contributed by atoms with Gasteiger partial charge in [-0.25, -0.2) is 0 Å². The lowest BCUT2D eigenvalue weighted by Gasteiger charge is -2.20. The summed E-state index contributed by atoms with van der Waals surface area (Å²) in [6.45, 7) is 10.3. The predicted octanol–water partition coefficient (Wildman–Crippen LogP) is 2.71. The Morgan fingerprint density at radius 2 is 1.81 bits per heavy atom. The lowest BCUT2D eigenvalue weighted by Crippen LogP contribution is -2.44.